The van der Waals surface area contributed by atoms with E-state index in [4.69, 9.17) is 9.47 Å². The third-order valence-electron chi connectivity index (χ3n) is 4.14. The van der Waals surface area contributed by atoms with E-state index >= 15 is 0 Å². The molecular formula is C19H24N2O5S. The van der Waals surface area contributed by atoms with Crippen molar-refractivity contribution in [2.75, 3.05) is 34.1 Å². The lowest BCUT2D eigenvalue weighted by atomic mass is 9.98. The predicted octanol–water partition coefficient (Wildman–Crippen LogP) is 1.80. The summed E-state index contributed by atoms with van der Waals surface area (Å²) in [5, 5.41) is 2.90. The number of benzene rings is 2. The highest BCUT2D eigenvalue weighted by Gasteiger charge is 2.20. The van der Waals surface area contributed by atoms with Gasteiger partial charge in [0.2, 0.25) is 15.9 Å². The predicted molar refractivity (Wildman–Crippen MR) is 103 cm³/mol. The summed E-state index contributed by atoms with van der Waals surface area (Å²) in [4.78, 5) is 12.4. The first-order chi connectivity index (χ1) is 12.7. The first-order valence-corrected chi connectivity index (χ1v) is 10.1. The number of likely N-dealkylation sites (N-methyl/N-ethyl adjacent to an activating group) is 1. The van der Waals surface area contributed by atoms with Crippen molar-refractivity contribution in [3.8, 4) is 11.5 Å². The lowest BCUT2D eigenvalue weighted by Crippen LogP contribution is -2.39. The van der Waals surface area contributed by atoms with E-state index in [0.29, 0.717) is 11.5 Å². The molecule has 0 fully saturated rings. The van der Waals surface area contributed by atoms with Crippen LogP contribution in [0, 0.1) is 0 Å². The minimum atomic E-state index is -3.44. The number of hydrogen-bond acceptors (Lipinski definition) is 5. The van der Waals surface area contributed by atoms with Crippen LogP contribution in [0.15, 0.2) is 48.5 Å². The molecule has 0 radical (unpaired) electrons. The zero-order valence-corrected chi connectivity index (χ0v) is 16.6. The van der Waals surface area contributed by atoms with Crippen LogP contribution in [0.5, 0.6) is 11.5 Å². The van der Waals surface area contributed by atoms with Gasteiger partial charge in [0.05, 0.1) is 33.1 Å². The molecule has 0 heterocycles. The fourth-order valence-corrected chi connectivity index (χ4v) is 2.83. The van der Waals surface area contributed by atoms with Crippen LogP contribution in [-0.4, -0.2) is 52.7 Å². The van der Waals surface area contributed by atoms with E-state index in [1.54, 1.807) is 38.5 Å². The Morgan fingerprint density at radius 3 is 1.70 bits per heavy atom. The number of rotatable bonds is 8. The molecular weight excluding hydrogens is 368 g/mol. The second kappa shape index (κ2) is 8.88. The average Bonchev–Trinajstić information content (AvgIpc) is 2.65. The lowest BCUT2D eigenvalue weighted by molar-refractivity contribution is -0.121. The Balaban J connectivity index is 2.29. The monoisotopic (exact) mass is 392 g/mol. The number of nitrogens with zero attached hydrogens (tertiary/aromatic N) is 1. The Morgan fingerprint density at radius 1 is 0.963 bits per heavy atom. The largest absolute Gasteiger partial charge is 0.497 e. The summed E-state index contributed by atoms with van der Waals surface area (Å²) in [6.45, 7) is -0.262. The second-order valence-electron chi connectivity index (χ2n) is 6.07. The summed E-state index contributed by atoms with van der Waals surface area (Å²) in [5.74, 6) is 1.00. The molecule has 0 aromatic heterocycles. The number of hydrogen-bond donors (Lipinski definition) is 1. The Morgan fingerprint density at radius 2 is 1.37 bits per heavy atom. The van der Waals surface area contributed by atoms with Gasteiger partial charge in [-0.15, -0.1) is 0 Å². The van der Waals surface area contributed by atoms with Crippen molar-refractivity contribution < 1.29 is 22.7 Å². The number of ether oxygens (including phenoxy) is 2. The topological polar surface area (TPSA) is 84.9 Å². The van der Waals surface area contributed by atoms with Gasteiger partial charge in [0.25, 0.3) is 0 Å². The van der Waals surface area contributed by atoms with Crippen molar-refractivity contribution in [2.45, 2.75) is 6.04 Å². The van der Waals surface area contributed by atoms with E-state index in [-0.39, 0.29) is 6.54 Å². The summed E-state index contributed by atoms with van der Waals surface area (Å²) >= 11 is 0. The van der Waals surface area contributed by atoms with Crippen molar-refractivity contribution >= 4 is 15.9 Å². The van der Waals surface area contributed by atoms with Crippen molar-refractivity contribution in [2.24, 2.45) is 0 Å². The number of sulfonamides is 1. The van der Waals surface area contributed by atoms with Crippen LogP contribution in [-0.2, 0) is 14.8 Å². The van der Waals surface area contributed by atoms with Crippen LogP contribution in [0.25, 0.3) is 0 Å². The van der Waals surface area contributed by atoms with Crippen LogP contribution in [0.3, 0.4) is 0 Å². The van der Waals surface area contributed by atoms with Gasteiger partial charge in [-0.1, -0.05) is 24.3 Å². The number of carbonyl (C=O) groups excluding carboxylic acids is 1. The normalized spacial score (nSPS) is 11.5. The number of nitrogens with one attached hydrogen (secondary N) is 1. The summed E-state index contributed by atoms with van der Waals surface area (Å²) in [5.41, 5.74) is 1.69. The van der Waals surface area contributed by atoms with Crippen molar-refractivity contribution in [3.05, 3.63) is 59.7 Å². The van der Waals surface area contributed by atoms with E-state index in [9.17, 15) is 13.2 Å². The van der Waals surface area contributed by atoms with Crippen LogP contribution in [0.2, 0.25) is 0 Å². The number of methoxy groups -OCH3 is 2. The molecule has 0 saturated heterocycles. The quantitative estimate of drug-likeness (QED) is 0.741. The molecule has 2 aromatic rings. The molecule has 1 amide bonds. The molecule has 0 aliphatic carbocycles. The molecule has 0 saturated carbocycles. The van der Waals surface area contributed by atoms with E-state index in [1.165, 1.54) is 7.05 Å². The van der Waals surface area contributed by atoms with E-state index < -0.39 is 22.0 Å². The summed E-state index contributed by atoms with van der Waals surface area (Å²) in [7, 11) is 1.09. The Bertz CT molecular complexity index is 816. The van der Waals surface area contributed by atoms with E-state index in [2.05, 4.69) is 5.32 Å². The molecule has 7 nitrogen and oxygen atoms in total. The van der Waals surface area contributed by atoms with Gasteiger partial charge in [-0.05, 0) is 35.4 Å². The molecule has 2 rings (SSSR count). The van der Waals surface area contributed by atoms with Crippen LogP contribution >= 0.6 is 0 Å². The minimum Gasteiger partial charge on any atom is -0.497 e. The molecule has 0 bridgehead atoms. The molecule has 146 valence electrons. The van der Waals surface area contributed by atoms with Gasteiger partial charge < -0.3 is 14.8 Å². The third kappa shape index (κ3) is 5.70. The minimum absolute atomic E-state index is 0.262. The molecule has 0 unspecified atom stereocenters. The van der Waals surface area contributed by atoms with Crippen LogP contribution < -0.4 is 14.8 Å². The standard InChI is InChI=1S/C19H24N2O5S/c1-21(27(4,23)24)13-18(22)20-19(14-5-9-16(25-2)10-6-14)15-7-11-17(26-3)12-8-15/h5-12,19H,13H2,1-4H3,(H,20,22). The first-order valence-electron chi connectivity index (χ1n) is 8.23. The molecule has 27 heavy (non-hydrogen) atoms. The highest BCUT2D eigenvalue weighted by Crippen LogP contribution is 2.26. The van der Waals surface area contributed by atoms with E-state index in [0.717, 1.165) is 21.7 Å². The molecule has 0 spiro atoms. The average molecular weight is 392 g/mol. The van der Waals surface area contributed by atoms with Crippen molar-refractivity contribution in [1.82, 2.24) is 9.62 Å². The Kier molecular flexibility index (Phi) is 6.81. The van der Waals surface area contributed by atoms with Gasteiger partial charge >= 0.3 is 0 Å². The van der Waals surface area contributed by atoms with Gasteiger partial charge in [0, 0.05) is 7.05 Å². The van der Waals surface area contributed by atoms with E-state index in [1.807, 2.05) is 24.3 Å². The summed E-state index contributed by atoms with van der Waals surface area (Å²) in [6.07, 6.45) is 1.06. The maximum Gasteiger partial charge on any atom is 0.236 e. The van der Waals surface area contributed by atoms with Crippen LogP contribution in [0.4, 0.5) is 0 Å². The molecule has 8 heteroatoms. The fourth-order valence-electron chi connectivity index (χ4n) is 2.48. The first kappa shape index (κ1) is 20.7. The molecule has 0 aliphatic heterocycles. The highest BCUT2D eigenvalue weighted by molar-refractivity contribution is 7.88. The van der Waals surface area contributed by atoms with Gasteiger partial charge in [-0.25, -0.2) is 8.42 Å². The Hall–Kier alpha value is -2.58. The van der Waals surface area contributed by atoms with Gasteiger partial charge in [-0.3, -0.25) is 4.79 Å². The van der Waals surface area contributed by atoms with Gasteiger partial charge in [0.15, 0.2) is 0 Å². The van der Waals surface area contributed by atoms with Crippen molar-refractivity contribution in [1.29, 1.82) is 0 Å². The van der Waals surface area contributed by atoms with Crippen LogP contribution in [0.1, 0.15) is 17.2 Å². The summed E-state index contributed by atoms with van der Waals surface area (Å²) < 4.78 is 34.5. The molecule has 0 aliphatic rings. The highest BCUT2D eigenvalue weighted by atomic mass is 32.2. The SMILES string of the molecule is COc1ccc(C(NC(=O)CN(C)S(C)(=O)=O)c2ccc(OC)cc2)cc1. The maximum atomic E-state index is 12.4. The molecule has 2 aromatic carbocycles. The van der Waals surface area contributed by atoms with Gasteiger partial charge in [-0.2, -0.15) is 4.31 Å². The molecule has 0 atom stereocenters. The Labute approximate surface area is 160 Å². The van der Waals surface area contributed by atoms with Crippen molar-refractivity contribution in [3.63, 3.8) is 0 Å². The molecule has 1 N–H and O–H groups in total. The maximum absolute atomic E-state index is 12.4. The smallest absolute Gasteiger partial charge is 0.236 e. The summed E-state index contributed by atoms with van der Waals surface area (Å²) in [6, 6.07) is 14.2. The second-order valence-corrected chi connectivity index (χ2v) is 8.16. The number of amides is 1. The lowest BCUT2D eigenvalue weighted by Gasteiger charge is -2.22. The fraction of sp³-hybridized carbons (Fsp3) is 0.316. The zero-order valence-electron chi connectivity index (χ0n) is 15.8. The van der Waals surface area contributed by atoms with Gasteiger partial charge in [0.1, 0.15) is 11.5 Å². The number of carbonyl (C=O) groups is 1. The third-order valence-corrected chi connectivity index (χ3v) is 5.40. The zero-order chi connectivity index (χ0) is 20.0.